The molecular formula is C15H22N2O2. The average molecular weight is 262 g/mol. The van der Waals surface area contributed by atoms with E-state index in [1.54, 1.807) is 6.07 Å². The lowest BCUT2D eigenvalue weighted by atomic mass is 9.52. The van der Waals surface area contributed by atoms with Gasteiger partial charge in [-0.1, -0.05) is 5.16 Å². The second-order valence-electron chi connectivity index (χ2n) is 6.83. The Kier molecular flexibility index (Phi) is 2.79. The molecule has 0 aliphatic heterocycles. The van der Waals surface area contributed by atoms with E-state index in [4.69, 9.17) is 15.0 Å². The molecule has 4 bridgehead atoms. The molecule has 0 radical (unpaired) electrons. The van der Waals surface area contributed by atoms with E-state index in [1.165, 1.54) is 32.1 Å². The van der Waals surface area contributed by atoms with Crippen molar-refractivity contribution < 1.29 is 9.26 Å². The first-order chi connectivity index (χ1) is 9.28. The number of nitrogens with two attached hydrogens (primary N) is 1. The summed E-state index contributed by atoms with van der Waals surface area (Å²) in [5.41, 5.74) is 5.53. The minimum atomic E-state index is 0.438. The number of hydrogen-bond donors (Lipinski definition) is 1. The number of nitrogens with zero attached hydrogens (tertiary/aromatic N) is 1. The molecule has 1 aromatic heterocycles. The molecule has 4 aliphatic carbocycles. The van der Waals surface area contributed by atoms with Crippen LogP contribution in [0, 0.1) is 29.6 Å². The second-order valence-corrected chi connectivity index (χ2v) is 6.83. The van der Waals surface area contributed by atoms with Gasteiger partial charge in [-0.15, -0.1) is 0 Å². The lowest BCUT2D eigenvalue weighted by molar-refractivity contribution is -0.0761. The van der Waals surface area contributed by atoms with Crippen molar-refractivity contribution >= 4 is 5.82 Å². The number of hydrogen-bond acceptors (Lipinski definition) is 4. The van der Waals surface area contributed by atoms with E-state index in [9.17, 15) is 0 Å². The monoisotopic (exact) mass is 262 g/mol. The van der Waals surface area contributed by atoms with E-state index in [1.807, 2.05) is 0 Å². The molecule has 0 saturated heterocycles. The van der Waals surface area contributed by atoms with Crippen LogP contribution < -0.4 is 5.73 Å². The third kappa shape index (κ3) is 2.16. The van der Waals surface area contributed by atoms with Gasteiger partial charge in [-0.05, 0) is 61.7 Å². The lowest BCUT2D eigenvalue weighted by Gasteiger charge is -2.54. The van der Waals surface area contributed by atoms with Crippen molar-refractivity contribution in [1.29, 1.82) is 0 Å². The van der Waals surface area contributed by atoms with Crippen LogP contribution in [0.15, 0.2) is 10.6 Å². The molecule has 0 unspecified atom stereocenters. The highest BCUT2D eigenvalue weighted by molar-refractivity contribution is 5.25. The SMILES string of the molecule is Nc1cc(COCC2C3CC4CC(C3)CC2C4)on1. The third-order valence-electron chi connectivity index (χ3n) is 5.55. The quantitative estimate of drug-likeness (QED) is 0.906. The standard InChI is InChI=1S/C15H22N2O2/c16-15-6-13(19-17-15)7-18-8-14-11-2-9-1-10(4-11)5-12(14)3-9/h6,9-12,14H,1-5,7-8H2,(H2,16,17). The minimum absolute atomic E-state index is 0.438. The smallest absolute Gasteiger partial charge is 0.167 e. The van der Waals surface area contributed by atoms with Gasteiger partial charge in [0.1, 0.15) is 6.61 Å². The molecule has 4 saturated carbocycles. The third-order valence-corrected chi connectivity index (χ3v) is 5.55. The highest BCUT2D eigenvalue weighted by atomic mass is 16.5. The fraction of sp³-hybridized carbons (Fsp3) is 0.800. The maximum absolute atomic E-state index is 5.87. The molecule has 0 aromatic carbocycles. The summed E-state index contributed by atoms with van der Waals surface area (Å²) < 4.78 is 10.9. The molecular weight excluding hydrogens is 240 g/mol. The molecule has 5 rings (SSSR count). The predicted molar refractivity (Wildman–Crippen MR) is 71.1 cm³/mol. The van der Waals surface area contributed by atoms with Gasteiger partial charge in [-0.2, -0.15) is 0 Å². The average Bonchev–Trinajstić information content (AvgIpc) is 2.78. The summed E-state index contributed by atoms with van der Waals surface area (Å²) in [5, 5.41) is 3.68. The zero-order valence-corrected chi connectivity index (χ0v) is 11.3. The Morgan fingerprint density at radius 3 is 2.42 bits per heavy atom. The highest BCUT2D eigenvalue weighted by Crippen LogP contribution is 2.56. The molecule has 4 fully saturated rings. The summed E-state index contributed by atoms with van der Waals surface area (Å²) in [4.78, 5) is 0. The van der Waals surface area contributed by atoms with Gasteiger partial charge < -0.3 is 15.0 Å². The number of ether oxygens (including phenoxy) is 1. The van der Waals surface area contributed by atoms with Crippen molar-refractivity contribution in [1.82, 2.24) is 5.16 Å². The van der Waals surface area contributed by atoms with E-state index in [0.717, 1.165) is 42.0 Å². The van der Waals surface area contributed by atoms with Gasteiger partial charge in [0, 0.05) is 6.07 Å². The van der Waals surface area contributed by atoms with Crippen molar-refractivity contribution in [3.05, 3.63) is 11.8 Å². The van der Waals surface area contributed by atoms with Crippen LogP contribution in [0.4, 0.5) is 5.82 Å². The van der Waals surface area contributed by atoms with Crippen molar-refractivity contribution in [3.8, 4) is 0 Å². The maximum Gasteiger partial charge on any atom is 0.167 e. The Balaban J connectivity index is 1.33. The number of nitrogen functional groups attached to an aromatic ring is 1. The first kappa shape index (κ1) is 11.8. The van der Waals surface area contributed by atoms with Gasteiger partial charge in [0.2, 0.25) is 0 Å². The summed E-state index contributed by atoms with van der Waals surface area (Å²) in [6, 6.07) is 1.75. The van der Waals surface area contributed by atoms with Crippen LogP contribution in [0.25, 0.3) is 0 Å². The molecule has 4 heteroatoms. The van der Waals surface area contributed by atoms with Gasteiger partial charge in [-0.25, -0.2) is 0 Å². The van der Waals surface area contributed by atoms with Crippen LogP contribution in [0.5, 0.6) is 0 Å². The van der Waals surface area contributed by atoms with Crippen LogP contribution in [-0.4, -0.2) is 11.8 Å². The number of anilines is 1. The molecule has 0 atom stereocenters. The minimum Gasteiger partial charge on any atom is -0.381 e. The Hall–Kier alpha value is -1.03. The molecule has 4 aliphatic rings. The van der Waals surface area contributed by atoms with Crippen LogP contribution >= 0.6 is 0 Å². The van der Waals surface area contributed by atoms with Gasteiger partial charge in [0.05, 0.1) is 6.61 Å². The lowest BCUT2D eigenvalue weighted by Crippen LogP contribution is -2.46. The summed E-state index contributed by atoms with van der Waals surface area (Å²) in [6.07, 6.45) is 7.33. The first-order valence-corrected chi connectivity index (χ1v) is 7.56. The van der Waals surface area contributed by atoms with Crippen LogP contribution in [0.3, 0.4) is 0 Å². The van der Waals surface area contributed by atoms with Gasteiger partial charge in [0.15, 0.2) is 11.6 Å². The van der Waals surface area contributed by atoms with Crippen molar-refractivity contribution in [2.45, 2.75) is 38.7 Å². The summed E-state index contributed by atoms with van der Waals surface area (Å²) in [6.45, 7) is 1.39. The van der Waals surface area contributed by atoms with Crippen molar-refractivity contribution in [2.75, 3.05) is 12.3 Å². The summed E-state index contributed by atoms with van der Waals surface area (Å²) >= 11 is 0. The zero-order valence-electron chi connectivity index (χ0n) is 11.3. The van der Waals surface area contributed by atoms with Gasteiger partial charge >= 0.3 is 0 Å². The molecule has 1 heterocycles. The van der Waals surface area contributed by atoms with E-state index in [0.29, 0.717) is 12.4 Å². The predicted octanol–water partition coefficient (Wildman–Crippen LogP) is 2.85. The van der Waals surface area contributed by atoms with Crippen LogP contribution in [0.1, 0.15) is 37.9 Å². The van der Waals surface area contributed by atoms with E-state index in [2.05, 4.69) is 5.16 Å². The second kappa shape index (κ2) is 4.51. The normalized spacial score (nSPS) is 39.9. The number of aromatic nitrogens is 1. The van der Waals surface area contributed by atoms with Crippen molar-refractivity contribution in [2.24, 2.45) is 29.6 Å². The molecule has 0 spiro atoms. The first-order valence-electron chi connectivity index (χ1n) is 7.56. The molecule has 4 nitrogen and oxygen atoms in total. The Morgan fingerprint density at radius 2 is 1.84 bits per heavy atom. The molecule has 104 valence electrons. The van der Waals surface area contributed by atoms with Gasteiger partial charge in [0.25, 0.3) is 0 Å². The van der Waals surface area contributed by atoms with E-state index >= 15 is 0 Å². The zero-order chi connectivity index (χ0) is 12.8. The van der Waals surface area contributed by atoms with E-state index in [-0.39, 0.29) is 0 Å². The van der Waals surface area contributed by atoms with Crippen molar-refractivity contribution in [3.63, 3.8) is 0 Å². The largest absolute Gasteiger partial charge is 0.381 e. The maximum atomic E-state index is 5.87. The fourth-order valence-corrected chi connectivity index (χ4v) is 5.00. The highest BCUT2D eigenvalue weighted by Gasteiger charge is 2.47. The topological polar surface area (TPSA) is 61.3 Å². The Morgan fingerprint density at radius 1 is 1.16 bits per heavy atom. The molecule has 0 amide bonds. The van der Waals surface area contributed by atoms with Crippen LogP contribution in [-0.2, 0) is 11.3 Å². The molecule has 19 heavy (non-hydrogen) atoms. The van der Waals surface area contributed by atoms with Gasteiger partial charge in [-0.3, -0.25) is 0 Å². The summed E-state index contributed by atoms with van der Waals surface area (Å²) in [5.74, 6) is 5.88. The van der Waals surface area contributed by atoms with Crippen LogP contribution in [0.2, 0.25) is 0 Å². The number of rotatable bonds is 4. The Labute approximate surface area is 113 Å². The summed E-state index contributed by atoms with van der Waals surface area (Å²) in [7, 11) is 0. The van der Waals surface area contributed by atoms with E-state index < -0.39 is 0 Å². The molecule has 2 N–H and O–H groups in total. The fourth-order valence-electron chi connectivity index (χ4n) is 5.00. The Bertz CT molecular complexity index is 429. The molecule has 1 aromatic rings.